The Morgan fingerprint density at radius 3 is 2.46 bits per heavy atom. The second kappa shape index (κ2) is 12.1. The lowest BCUT2D eigenvalue weighted by molar-refractivity contribution is -0.138. The van der Waals surface area contributed by atoms with E-state index in [0.29, 0.717) is 30.5 Å². The van der Waals surface area contributed by atoms with Crippen LogP contribution in [-0.4, -0.2) is 43.6 Å². The number of hydrogen-bond acceptors (Lipinski definition) is 6. The Morgan fingerprint density at radius 2 is 1.72 bits per heavy atom. The molecule has 0 atom stereocenters. The molecule has 0 saturated heterocycles. The molecule has 1 fully saturated rings. The van der Waals surface area contributed by atoms with Crippen LogP contribution in [0.25, 0.3) is 21.9 Å². The van der Waals surface area contributed by atoms with E-state index >= 15 is 0 Å². The fraction of sp³-hybridized carbons (Fsp3) is 0.516. The first-order valence-corrected chi connectivity index (χ1v) is 14.6. The number of Topliss-reactive ketones (excluding diaryl/α,β-unsaturated/α-hetero) is 1. The summed E-state index contributed by atoms with van der Waals surface area (Å²) in [5.41, 5.74) is 9.07. The van der Waals surface area contributed by atoms with E-state index in [4.69, 9.17) is 10.7 Å². The zero-order valence-corrected chi connectivity index (χ0v) is 22.9. The number of carbonyl (C=O) groups is 3. The number of aromatic nitrogens is 3. The fourth-order valence-electron chi connectivity index (χ4n) is 6.16. The molecule has 206 valence electrons. The Hall–Kier alpha value is -3.55. The monoisotopic (exact) mass is 529 g/mol. The van der Waals surface area contributed by atoms with E-state index in [2.05, 4.69) is 22.5 Å². The van der Waals surface area contributed by atoms with Gasteiger partial charge in [0.05, 0.1) is 11.0 Å². The third-order valence-corrected chi connectivity index (χ3v) is 8.39. The minimum Gasteiger partial charge on any atom is -0.382 e. The zero-order chi connectivity index (χ0) is 27.4. The molecule has 3 aromatic rings. The molecule has 3 heterocycles. The van der Waals surface area contributed by atoms with Crippen molar-refractivity contribution in [3.63, 3.8) is 0 Å². The maximum absolute atomic E-state index is 12.9. The van der Waals surface area contributed by atoms with E-state index in [1.54, 1.807) is 0 Å². The highest BCUT2D eigenvalue weighted by Crippen LogP contribution is 2.32. The predicted molar refractivity (Wildman–Crippen MR) is 153 cm³/mol. The van der Waals surface area contributed by atoms with E-state index in [9.17, 15) is 14.4 Å². The normalized spacial score (nSPS) is 19.6. The van der Waals surface area contributed by atoms with Gasteiger partial charge >= 0.3 is 0 Å². The molecule has 1 aromatic carbocycles. The molecule has 8 heteroatoms. The first kappa shape index (κ1) is 27.0. The van der Waals surface area contributed by atoms with E-state index in [1.165, 1.54) is 17.1 Å². The predicted octanol–water partition coefficient (Wildman–Crippen LogP) is 5.37. The highest BCUT2D eigenvalue weighted by molar-refractivity contribution is 6.12. The van der Waals surface area contributed by atoms with Crippen LogP contribution in [0.15, 0.2) is 36.4 Å². The summed E-state index contributed by atoms with van der Waals surface area (Å²) in [4.78, 5) is 47.4. The van der Waals surface area contributed by atoms with Crippen LogP contribution in [0.3, 0.4) is 0 Å². The lowest BCUT2D eigenvalue weighted by Crippen LogP contribution is -2.36. The van der Waals surface area contributed by atoms with Gasteiger partial charge < -0.3 is 10.3 Å². The molecular formula is C31H39N5O3. The molecule has 2 aliphatic rings. The van der Waals surface area contributed by atoms with Crippen molar-refractivity contribution in [2.45, 2.75) is 84.1 Å². The number of benzene rings is 1. The largest absolute Gasteiger partial charge is 0.382 e. The molecule has 2 aromatic heterocycles. The minimum absolute atomic E-state index is 0.115. The third-order valence-electron chi connectivity index (χ3n) is 8.39. The van der Waals surface area contributed by atoms with E-state index < -0.39 is 0 Å². The van der Waals surface area contributed by atoms with Crippen LogP contribution in [0.5, 0.6) is 0 Å². The van der Waals surface area contributed by atoms with Crippen LogP contribution in [0.2, 0.25) is 0 Å². The number of nitrogen functional groups attached to an aromatic ring is 1. The van der Waals surface area contributed by atoms with Gasteiger partial charge in [-0.1, -0.05) is 38.0 Å². The molecule has 5 rings (SSSR count). The zero-order valence-electron chi connectivity index (χ0n) is 22.9. The maximum atomic E-state index is 12.9. The summed E-state index contributed by atoms with van der Waals surface area (Å²) in [7, 11) is 0. The summed E-state index contributed by atoms with van der Waals surface area (Å²) in [6.45, 7) is 3.52. The highest BCUT2D eigenvalue weighted by Gasteiger charge is 2.31. The number of carbonyl (C=O) groups excluding carboxylic acids is 3. The SMILES string of the molecule is CCCCc1nc2c(N)nc3ccccc3c2n1CCCCCC(=O)C1CCC(CN2C(=O)C=CC2=O)CC1. The average Bonchev–Trinajstić information content (AvgIpc) is 3.47. The van der Waals surface area contributed by atoms with Gasteiger partial charge in [0.15, 0.2) is 5.82 Å². The smallest absolute Gasteiger partial charge is 0.253 e. The maximum Gasteiger partial charge on any atom is 0.253 e. The summed E-state index contributed by atoms with van der Waals surface area (Å²) >= 11 is 0. The number of unbranched alkanes of at least 4 members (excludes halogenated alkanes) is 3. The Bertz CT molecular complexity index is 1380. The van der Waals surface area contributed by atoms with Crippen LogP contribution in [0, 0.1) is 11.8 Å². The van der Waals surface area contributed by atoms with Crippen LogP contribution in [-0.2, 0) is 27.3 Å². The average molecular weight is 530 g/mol. The van der Waals surface area contributed by atoms with E-state index in [1.807, 2.05) is 18.2 Å². The molecule has 8 nitrogen and oxygen atoms in total. The highest BCUT2D eigenvalue weighted by atomic mass is 16.2. The second-order valence-electron chi connectivity index (χ2n) is 11.1. The number of imidazole rings is 1. The number of nitrogens with two attached hydrogens (primary N) is 1. The van der Waals surface area contributed by atoms with E-state index in [0.717, 1.165) is 98.5 Å². The van der Waals surface area contributed by atoms with Crippen molar-refractivity contribution in [2.75, 3.05) is 12.3 Å². The molecule has 0 unspecified atom stereocenters. The molecule has 2 N–H and O–H groups in total. The van der Waals surface area contributed by atoms with Crippen molar-refractivity contribution in [3.8, 4) is 0 Å². The van der Waals surface area contributed by atoms with Crippen molar-refractivity contribution in [2.24, 2.45) is 11.8 Å². The number of nitrogens with zero attached hydrogens (tertiary/aromatic N) is 4. The molecular weight excluding hydrogens is 490 g/mol. The van der Waals surface area contributed by atoms with Gasteiger partial charge in [0.25, 0.3) is 11.8 Å². The number of rotatable bonds is 12. The lowest BCUT2D eigenvalue weighted by Gasteiger charge is -2.30. The van der Waals surface area contributed by atoms with Crippen molar-refractivity contribution in [1.29, 1.82) is 0 Å². The van der Waals surface area contributed by atoms with Gasteiger partial charge in [-0.3, -0.25) is 19.3 Å². The summed E-state index contributed by atoms with van der Waals surface area (Å²) in [5.74, 6) is 1.90. The van der Waals surface area contributed by atoms with E-state index in [-0.39, 0.29) is 17.7 Å². The molecule has 39 heavy (non-hydrogen) atoms. The molecule has 2 amide bonds. The summed E-state index contributed by atoms with van der Waals surface area (Å²) in [5, 5.41) is 1.08. The number of ketones is 1. The topological polar surface area (TPSA) is 111 Å². The Balaban J connectivity index is 1.13. The molecule has 1 aliphatic heterocycles. The van der Waals surface area contributed by atoms with Crippen LogP contribution >= 0.6 is 0 Å². The number of pyridine rings is 1. The Kier molecular flexibility index (Phi) is 8.38. The van der Waals surface area contributed by atoms with Gasteiger partial charge in [0.2, 0.25) is 0 Å². The van der Waals surface area contributed by atoms with Crippen molar-refractivity contribution in [3.05, 3.63) is 42.2 Å². The Labute approximate surface area is 229 Å². The molecule has 1 saturated carbocycles. The third kappa shape index (κ3) is 5.89. The van der Waals surface area contributed by atoms with Gasteiger partial charge in [0, 0.05) is 49.4 Å². The van der Waals surface area contributed by atoms with Crippen LogP contribution in [0.4, 0.5) is 5.82 Å². The van der Waals surface area contributed by atoms with Gasteiger partial charge in [0.1, 0.15) is 17.1 Å². The summed E-state index contributed by atoms with van der Waals surface area (Å²) in [6.07, 6.45) is 12.8. The summed E-state index contributed by atoms with van der Waals surface area (Å²) in [6, 6.07) is 8.10. The molecule has 0 bridgehead atoms. The second-order valence-corrected chi connectivity index (χ2v) is 11.1. The number of amides is 2. The molecule has 1 aliphatic carbocycles. The molecule has 0 radical (unpaired) electrons. The van der Waals surface area contributed by atoms with Gasteiger partial charge in [-0.2, -0.15) is 0 Å². The number of aryl methyl sites for hydroxylation is 2. The Morgan fingerprint density at radius 1 is 0.974 bits per heavy atom. The first-order chi connectivity index (χ1) is 19.0. The van der Waals surface area contributed by atoms with Crippen LogP contribution < -0.4 is 5.73 Å². The first-order valence-electron chi connectivity index (χ1n) is 14.6. The summed E-state index contributed by atoms with van der Waals surface area (Å²) < 4.78 is 2.33. The number of para-hydroxylation sites is 1. The van der Waals surface area contributed by atoms with Gasteiger partial charge in [-0.15, -0.1) is 0 Å². The van der Waals surface area contributed by atoms with Gasteiger partial charge in [-0.05, 0) is 56.9 Å². The standard InChI is InChI=1S/C31H39N5O3/c1-2-3-12-26-34-29-30(23-9-6-7-10-24(23)33-31(29)32)35(26)19-8-4-5-11-25(37)22-15-13-21(14-16-22)20-36-27(38)17-18-28(36)39/h6-7,9-10,17-18,21-22H,2-5,8,11-16,19-20H2,1H3,(H2,32,33). The van der Waals surface area contributed by atoms with Crippen molar-refractivity contribution >= 4 is 45.4 Å². The molecule has 0 spiro atoms. The quantitative estimate of drug-likeness (QED) is 0.249. The number of anilines is 1. The van der Waals surface area contributed by atoms with Crippen LogP contribution in [0.1, 0.15) is 77.0 Å². The fourth-order valence-corrected chi connectivity index (χ4v) is 6.16. The minimum atomic E-state index is -0.215. The number of imide groups is 1. The number of fused-ring (bicyclic) bond motifs is 3. The van der Waals surface area contributed by atoms with Crippen molar-refractivity contribution in [1.82, 2.24) is 19.4 Å². The van der Waals surface area contributed by atoms with Gasteiger partial charge in [-0.25, -0.2) is 9.97 Å². The van der Waals surface area contributed by atoms with Crippen molar-refractivity contribution < 1.29 is 14.4 Å². The lowest BCUT2D eigenvalue weighted by atomic mass is 9.79. The number of hydrogen-bond donors (Lipinski definition) is 1.